The minimum absolute atomic E-state index is 0.0736. The van der Waals surface area contributed by atoms with E-state index in [1.165, 1.54) is 23.9 Å². The van der Waals surface area contributed by atoms with Gasteiger partial charge in [0.2, 0.25) is 0 Å². The predicted octanol–water partition coefficient (Wildman–Crippen LogP) is 3.04. The monoisotopic (exact) mass is 644 g/mol. The molecule has 4 N–H and O–H groups in total. The molecule has 0 spiro atoms. The Kier molecular flexibility index (Phi) is 11.7. The number of aryl methyl sites for hydroxylation is 1. The summed E-state index contributed by atoms with van der Waals surface area (Å²) >= 11 is 0. The summed E-state index contributed by atoms with van der Waals surface area (Å²) in [5, 5.41) is 0. The van der Waals surface area contributed by atoms with Crippen LogP contribution in [0.3, 0.4) is 0 Å². The molecular formula is C17H31N2O14P3S2. The Hall–Kier alpha value is -0.290. The Balaban J connectivity index is 2.19. The first-order valence-electron chi connectivity index (χ1n) is 10.8. The molecule has 1 aromatic heterocycles. The molecule has 2 rings (SSSR count). The number of ether oxygens (including phenoxy) is 2. The van der Waals surface area contributed by atoms with Gasteiger partial charge < -0.3 is 24.2 Å². The Morgan fingerprint density at radius 3 is 2.34 bits per heavy atom. The van der Waals surface area contributed by atoms with E-state index >= 15 is 0 Å². The van der Waals surface area contributed by atoms with Gasteiger partial charge in [-0.05, 0) is 13.8 Å². The van der Waals surface area contributed by atoms with Crippen molar-refractivity contribution >= 4 is 45.1 Å². The zero-order valence-corrected chi connectivity index (χ0v) is 25.6. The van der Waals surface area contributed by atoms with E-state index in [0.717, 1.165) is 4.57 Å². The number of nitrogens with one attached hydrogen (secondary N) is 1. The molecule has 1 aromatic rings. The topological polar surface area (TPSA) is 222 Å². The van der Waals surface area contributed by atoms with Crippen LogP contribution in [0.5, 0.6) is 0 Å². The number of H-pyrrole nitrogens is 1. The Bertz CT molecular complexity index is 1230. The number of hydrogen-bond acceptors (Lipinski definition) is 13. The molecule has 38 heavy (non-hydrogen) atoms. The van der Waals surface area contributed by atoms with Crippen LogP contribution in [0.1, 0.15) is 45.9 Å². The van der Waals surface area contributed by atoms with Crippen molar-refractivity contribution in [1.82, 2.24) is 9.55 Å². The van der Waals surface area contributed by atoms with E-state index in [9.17, 15) is 33.1 Å². The van der Waals surface area contributed by atoms with Gasteiger partial charge in [0.25, 0.3) is 5.56 Å². The van der Waals surface area contributed by atoms with E-state index in [0.29, 0.717) is 7.11 Å². The average Bonchev–Trinajstić information content (AvgIpc) is 3.13. The number of hydrogen-bond donors (Lipinski definition) is 4. The lowest BCUT2D eigenvalue weighted by Gasteiger charge is -2.25. The smallest absolute Gasteiger partial charge is 0.361 e. The molecule has 7 atom stereocenters. The summed E-state index contributed by atoms with van der Waals surface area (Å²) in [6.45, 7) is 8.57. The number of rotatable bonds is 13. The predicted molar refractivity (Wildman–Crippen MR) is 138 cm³/mol. The molecule has 0 aliphatic carbocycles. The van der Waals surface area contributed by atoms with Gasteiger partial charge in [0.15, 0.2) is 0 Å². The highest BCUT2D eigenvalue weighted by atomic mass is 33.1. The van der Waals surface area contributed by atoms with Gasteiger partial charge in [-0.1, -0.05) is 42.4 Å². The lowest BCUT2D eigenvalue weighted by atomic mass is 10.2. The number of phosphoric acid groups is 3. The van der Waals surface area contributed by atoms with Gasteiger partial charge in [-0.2, -0.15) is 8.62 Å². The summed E-state index contributed by atoms with van der Waals surface area (Å²) in [7, 11) is -12.3. The fraction of sp³-hybridized carbons (Fsp3) is 0.765. The molecule has 0 saturated carbocycles. The van der Waals surface area contributed by atoms with Gasteiger partial charge in [0.05, 0.1) is 12.7 Å². The van der Waals surface area contributed by atoms with Crippen LogP contribution in [0.4, 0.5) is 0 Å². The van der Waals surface area contributed by atoms with Crippen LogP contribution in [0.2, 0.25) is 0 Å². The molecule has 2 heterocycles. The summed E-state index contributed by atoms with van der Waals surface area (Å²) in [6.07, 6.45) is -1.48. The van der Waals surface area contributed by atoms with E-state index in [4.69, 9.17) is 18.9 Å². The SMILES string of the molecule is COP(=O)(O)OP(=O)(O)OP(=O)(O)OC[C@H]1O[C@@H](n2cc(C)c(=O)[nH]c2=O)CC1O[C@H](C)SSC(C)(C)C. The van der Waals surface area contributed by atoms with E-state index in [1.807, 2.05) is 20.8 Å². The molecule has 21 heteroatoms. The zero-order valence-electron chi connectivity index (χ0n) is 21.2. The van der Waals surface area contributed by atoms with Crippen molar-refractivity contribution in [2.24, 2.45) is 0 Å². The summed E-state index contributed by atoms with van der Waals surface area (Å²) in [6, 6.07) is 0. The standard InChI is InChI=1S/C17H31N2O14P3S2/c1-10-8-19(16(21)18-15(10)20)14-7-12(30-11(2)37-38-17(3,4)5)13(31-14)9-29-35(24,25)33-36(26,27)32-34(22,23)28-6/h8,11-14H,7,9H2,1-6H3,(H,22,23)(H,24,25)(H,26,27)(H,18,20,21)/t11-,12?,13+,14+/m0/s1. The molecule has 4 unspecified atom stereocenters. The molecule has 16 nitrogen and oxygen atoms in total. The van der Waals surface area contributed by atoms with Crippen LogP contribution in [-0.2, 0) is 40.8 Å². The van der Waals surface area contributed by atoms with Crippen LogP contribution >= 0.6 is 45.1 Å². The Morgan fingerprint density at radius 1 is 1.16 bits per heavy atom. The zero-order chi connectivity index (χ0) is 29.1. The maximum atomic E-state index is 12.4. The van der Waals surface area contributed by atoms with Crippen LogP contribution < -0.4 is 11.2 Å². The Morgan fingerprint density at radius 2 is 1.76 bits per heavy atom. The van der Waals surface area contributed by atoms with Crippen molar-refractivity contribution in [2.45, 2.75) is 69.7 Å². The van der Waals surface area contributed by atoms with Crippen molar-refractivity contribution in [2.75, 3.05) is 13.7 Å². The number of nitrogens with zero attached hydrogens (tertiary/aromatic N) is 1. The van der Waals surface area contributed by atoms with Gasteiger partial charge in [-0.25, -0.2) is 18.5 Å². The third kappa shape index (κ3) is 10.9. The highest BCUT2D eigenvalue weighted by molar-refractivity contribution is 8.77. The van der Waals surface area contributed by atoms with E-state index < -0.39 is 65.2 Å². The minimum Gasteiger partial charge on any atom is -0.361 e. The maximum Gasteiger partial charge on any atom is 0.490 e. The molecule has 0 bridgehead atoms. The molecule has 0 aromatic carbocycles. The third-order valence-electron chi connectivity index (χ3n) is 4.48. The van der Waals surface area contributed by atoms with Crippen molar-refractivity contribution < 1.29 is 55.5 Å². The van der Waals surface area contributed by atoms with E-state index in [2.05, 4.69) is 18.1 Å². The van der Waals surface area contributed by atoms with E-state index in [1.54, 1.807) is 17.7 Å². The first kappa shape index (κ1) is 33.9. The van der Waals surface area contributed by atoms with Crippen LogP contribution in [0.15, 0.2) is 15.8 Å². The largest absolute Gasteiger partial charge is 0.490 e. The van der Waals surface area contributed by atoms with Crippen LogP contribution in [0.25, 0.3) is 0 Å². The molecule has 1 aliphatic heterocycles. The molecule has 220 valence electrons. The van der Waals surface area contributed by atoms with Gasteiger partial charge in [0.1, 0.15) is 17.8 Å². The molecule has 1 saturated heterocycles. The Labute approximate surface area is 226 Å². The van der Waals surface area contributed by atoms with Crippen LogP contribution in [0, 0.1) is 6.92 Å². The van der Waals surface area contributed by atoms with Gasteiger partial charge in [-0.3, -0.25) is 23.4 Å². The van der Waals surface area contributed by atoms with Crippen LogP contribution in [-0.4, -0.2) is 60.3 Å². The summed E-state index contributed by atoms with van der Waals surface area (Å²) < 4.78 is 65.0. The van der Waals surface area contributed by atoms with Crippen molar-refractivity contribution in [3.63, 3.8) is 0 Å². The first-order valence-corrected chi connectivity index (χ1v) is 17.5. The minimum atomic E-state index is -5.59. The van der Waals surface area contributed by atoms with E-state index in [-0.39, 0.29) is 16.7 Å². The summed E-state index contributed by atoms with van der Waals surface area (Å²) in [5.74, 6) is 0. The summed E-state index contributed by atoms with van der Waals surface area (Å²) in [5.41, 5.74) is -1.49. The van der Waals surface area contributed by atoms with Gasteiger partial charge in [-0.15, -0.1) is 0 Å². The second kappa shape index (κ2) is 13.1. The molecule has 0 radical (unpaired) electrons. The summed E-state index contributed by atoms with van der Waals surface area (Å²) in [4.78, 5) is 54.9. The highest BCUT2D eigenvalue weighted by Crippen LogP contribution is 2.67. The highest BCUT2D eigenvalue weighted by Gasteiger charge is 2.44. The lowest BCUT2D eigenvalue weighted by molar-refractivity contribution is -0.0634. The average molecular weight is 644 g/mol. The molecule has 1 aliphatic rings. The van der Waals surface area contributed by atoms with Crippen molar-refractivity contribution in [1.29, 1.82) is 0 Å². The lowest BCUT2D eigenvalue weighted by Crippen LogP contribution is -2.33. The number of aromatic nitrogens is 2. The second-order valence-corrected chi connectivity index (χ2v) is 17.0. The fourth-order valence-corrected chi connectivity index (χ4v) is 8.23. The second-order valence-electron chi connectivity index (χ2n) is 8.92. The molecular weight excluding hydrogens is 613 g/mol. The molecule has 0 amide bonds. The normalized spacial score (nSPS) is 25.9. The molecule has 1 fully saturated rings. The fourth-order valence-electron chi connectivity index (χ4n) is 2.95. The maximum absolute atomic E-state index is 12.4. The first-order chi connectivity index (χ1) is 17.2. The van der Waals surface area contributed by atoms with Crippen molar-refractivity contribution in [3.05, 3.63) is 32.6 Å². The van der Waals surface area contributed by atoms with Crippen molar-refractivity contribution in [3.8, 4) is 0 Å². The van der Waals surface area contributed by atoms with Gasteiger partial charge in [0, 0.05) is 30.0 Å². The number of aromatic amines is 1. The number of phosphoric ester groups is 2. The quantitative estimate of drug-likeness (QED) is 0.138. The third-order valence-corrected chi connectivity index (χ3v) is 12.3. The van der Waals surface area contributed by atoms with Gasteiger partial charge >= 0.3 is 29.2 Å².